The molecular formula is C20H31N3O3. The van der Waals surface area contributed by atoms with E-state index in [1.54, 1.807) is 4.90 Å². The van der Waals surface area contributed by atoms with Crippen LogP contribution in [0.4, 0.5) is 4.79 Å². The number of amides is 3. The van der Waals surface area contributed by atoms with Crippen molar-refractivity contribution in [3.8, 4) is 5.75 Å². The molecule has 0 aliphatic carbocycles. The Labute approximate surface area is 156 Å². The lowest BCUT2D eigenvalue weighted by atomic mass is 10.1. The van der Waals surface area contributed by atoms with Gasteiger partial charge < -0.3 is 20.3 Å². The number of carbonyl (C=O) groups is 2. The number of likely N-dealkylation sites (tertiary alicyclic amines) is 1. The van der Waals surface area contributed by atoms with Gasteiger partial charge in [-0.05, 0) is 42.9 Å². The molecule has 0 radical (unpaired) electrons. The van der Waals surface area contributed by atoms with E-state index < -0.39 is 0 Å². The normalized spacial score (nSPS) is 16.6. The molecule has 0 aromatic heterocycles. The Hall–Kier alpha value is -2.24. The predicted octanol–water partition coefficient (Wildman–Crippen LogP) is 2.57. The first kappa shape index (κ1) is 20.1. The number of benzene rings is 1. The number of urea groups is 1. The molecule has 1 atom stereocenters. The van der Waals surface area contributed by atoms with Crippen molar-refractivity contribution < 1.29 is 14.3 Å². The van der Waals surface area contributed by atoms with Crippen molar-refractivity contribution in [2.45, 2.75) is 46.1 Å². The standard InChI is InChI=1S/C20H31N3O3/c1-15(2)9-12-26-19-6-4-5-17(13-19)7-10-21-20(25)23-11-8-18(14-23)22-16(3)24/h4-6,13,15,18H,7-12,14H2,1-3H3,(H,21,25)(H,22,24). The highest BCUT2D eigenvalue weighted by molar-refractivity contribution is 5.75. The van der Waals surface area contributed by atoms with E-state index in [0.29, 0.717) is 25.6 Å². The van der Waals surface area contributed by atoms with Gasteiger partial charge in [-0.3, -0.25) is 4.79 Å². The molecular weight excluding hydrogens is 330 g/mol. The second-order valence-electron chi connectivity index (χ2n) is 7.29. The van der Waals surface area contributed by atoms with Crippen LogP contribution in [0.1, 0.15) is 39.2 Å². The summed E-state index contributed by atoms with van der Waals surface area (Å²) in [7, 11) is 0. The topological polar surface area (TPSA) is 70.7 Å². The Bertz CT molecular complexity index is 604. The minimum absolute atomic E-state index is 0.0484. The van der Waals surface area contributed by atoms with Crippen molar-refractivity contribution in [1.29, 1.82) is 0 Å². The largest absolute Gasteiger partial charge is 0.494 e. The molecule has 1 aliphatic rings. The van der Waals surface area contributed by atoms with Gasteiger partial charge in [-0.15, -0.1) is 0 Å². The average molecular weight is 361 g/mol. The lowest BCUT2D eigenvalue weighted by Crippen LogP contribution is -2.42. The van der Waals surface area contributed by atoms with Gasteiger partial charge in [0, 0.05) is 32.6 Å². The maximum absolute atomic E-state index is 12.2. The van der Waals surface area contributed by atoms with Crippen molar-refractivity contribution in [1.82, 2.24) is 15.5 Å². The van der Waals surface area contributed by atoms with E-state index in [9.17, 15) is 9.59 Å². The zero-order valence-corrected chi connectivity index (χ0v) is 16.1. The average Bonchev–Trinajstić information content (AvgIpc) is 3.02. The van der Waals surface area contributed by atoms with Crippen LogP contribution in [0.25, 0.3) is 0 Å². The summed E-state index contributed by atoms with van der Waals surface area (Å²) in [5.41, 5.74) is 1.14. The van der Waals surface area contributed by atoms with Crippen molar-refractivity contribution in [3.05, 3.63) is 29.8 Å². The number of nitrogens with one attached hydrogen (secondary N) is 2. The highest BCUT2D eigenvalue weighted by Gasteiger charge is 2.26. The molecule has 26 heavy (non-hydrogen) atoms. The van der Waals surface area contributed by atoms with E-state index in [1.165, 1.54) is 6.92 Å². The fourth-order valence-corrected chi connectivity index (χ4v) is 2.98. The molecule has 1 aliphatic heterocycles. The van der Waals surface area contributed by atoms with Crippen molar-refractivity contribution in [3.63, 3.8) is 0 Å². The zero-order valence-electron chi connectivity index (χ0n) is 16.1. The number of hydrogen-bond donors (Lipinski definition) is 2. The molecule has 1 fully saturated rings. The molecule has 0 bridgehead atoms. The summed E-state index contributed by atoms with van der Waals surface area (Å²) in [6.07, 6.45) is 2.61. The van der Waals surface area contributed by atoms with Crippen LogP contribution >= 0.6 is 0 Å². The molecule has 2 rings (SSSR count). The Morgan fingerprint density at radius 2 is 2.15 bits per heavy atom. The van der Waals surface area contributed by atoms with Crippen molar-refractivity contribution in [2.24, 2.45) is 5.92 Å². The minimum atomic E-state index is -0.0674. The van der Waals surface area contributed by atoms with Crippen molar-refractivity contribution >= 4 is 11.9 Å². The molecule has 0 saturated carbocycles. The van der Waals surface area contributed by atoms with E-state index >= 15 is 0 Å². The third-order valence-electron chi connectivity index (χ3n) is 4.44. The van der Waals surface area contributed by atoms with Gasteiger partial charge in [0.25, 0.3) is 0 Å². The predicted molar refractivity (Wildman–Crippen MR) is 102 cm³/mol. The summed E-state index contributed by atoms with van der Waals surface area (Å²) >= 11 is 0. The SMILES string of the molecule is CC(=O)NC1CCN(C(=O)NCCc2cccc(OCCC(C)C)c2)C1. The van der Waals surface area contributed by atoms with Gasteiger partial charge in [0.1, 0.15) is 5.75 Å². The molecule has 1 aromatic carbocycles. The third kappa shape index (κ3) is 6.94. The van der Waals surface area contributed by atoms with Gasteiger partial charge in [-0.2, -0.15) is 0 Å². The summed E-state index contributed by atoms with van der Waals surface area (Å²) in [6, 6.07) is 8.04. The molecule has 2 N–H and O–H groups in total. The van der Waals surface area contributed by atoms with Gasteiger partial charge in [-0.1, -0.05) is 26.0 Å². The van der Waals surface area contributed by atoms with Crippen LogP contribution in [0.3, 0.4) is 0 Å². The fourth-order valence-electron chi connectivity index (χ4n) is 2.98. The molecule has 1 saturated heterocycles. The summed E-state index contributed by atoms with van der Waals surface area (Å²) in [5.74, 6) is 1.46. The molecule has 1 unspecified atom stereocenters. The summed E-state index contributed by atoms with van der Waals surface area (Å²) in [5, 5.41) is 5.82. The third-order valence-corrected chi connectivity index (χ3v) is 4.44. The van der Waals surface area contributed by atoms with Crippen LogP contribution in [0.5, 0.6) is 5.75 Å². The monoisotopic (exact) mass is 361 g/mol. The van der Waals surface area contributed by atoms with Crippen LogP contribution in [0.15, 0.2) is 24.3 Å². The van der Waals surface area contributed by atoms with Crippen LogP contribution in [0, 0.1) is 5.92 Å². The summed E-state index contributed by atoms with van der Waals surface area (Å²) in [6.45, 7) is 8.42. The highest BCUT2D eigenvalue weighted by Crippen LogP contribution is 2.15. The first-order chi connectivity index (χ1) is 12.4. The van der Waals surface area contributed by atoms with E-state index in [4.69, 9.17) is 4.74 Å². The van der Waals surface area contributed by atoms with Gasteiger partial charge in [-0.25, -0.2) is 4.79 Å². The first-order valence-corrected chi connectivity index (χ1v) is 9.45. The Morgan fingerprint density at radius 3 is 2.88 bits per heavy atom. The van der Waals surface area contributed by atoms with E-state index in [-0.39, 0.29) is 18.0 Å². The Morgan fingerprint density at radius 1 is 1.35 bits per heavy atom. The second-order valence-corrected chi connectivity index (χ2v) is 7.29. The second kappa shape index (κ2) is 10.0. The number of hydrogen-bond acceptors (Lipinski definition) is 3. The van der Waals surface area contributed by atoms with Gasteiger partial charge >= 0.3 is 6.03 Å². The quantitative estimate of drug-likeness (QED) is 0.748. The van der Waals surface area contributed by atoms with Gasteiger partial charge in [0.15, 0.2) is 0 Å². The molecule has 6 nitrogen and oxygen atoms in total. The molecule has 1 heterocycles. The van der Waals surface area contributed by atoms with Crippen LogP contribution < -0.4 is 15.4 Å². The number of rotatable bonds is 8. The lowest BCUT2D eigenvalue weighted by Gasteiger charge is -2.17. The number of ether oxygens (including phenoxy) is 1. The number of nitrogens with zero attached hydrogens (tertiary/aromatic N) is 1. The molecule has 144 valence electrons. The van der Waals surface area contributed by atoms with Crippen LogP contribution in [-0.4, -0.2) is 49.1 Å². The Balaban J connectivity index is 1.70. The molecule has 6 heteroatoms. The molecule has 3 amide bonds. The molecule has 0 spiro atoms. The summed E-state index contributed by atoms with van der Waals surface area (Å²) in [4.78, 5) is 25.1. The van der Waals surface area contributed by atoms with E-state index in [0.717, 1.165) is 37.2 Å². The van der Waals surface area contributed by atoms with Crippen molar-refractivity contribution in [2.75, 3.05) is 26.2 Å². The minimum Gasteiger partial charge on any atom is -0.494 e. The smallest absolute Gasteiger partial charge is 0.317 e. The van der Waals surface area contributed by atoms with Crippen LogP contribution in [-0.2, 0) is 11.2 Å². The first-order valence-electron chi connectivity index (χ1n) is 9.45. The summed E-state index contributed by atoms with van der Waals surface area (Å²) < 4.78 is 5.78. The fraction of sp³-hybridized carbons (Fsp3) is 0.600. The maximum Gasteiger partial charge on any atom is 0.317 e. The highest BCUT2D eigenvalue weighted by atomic mass is 16.5. The maximum atomic E-state index is 12.2. The van der Waals surface area contributed by atoms with Crippen LogP contribution in [0.2, 0.25) is 0 Å². The number of carbonyl (C=O) groups excluding carboxylic acids is 2. The Kier molecular flexibility index (Phi) is 7.75. The van der Waals surface area contributed by atoms with E-state index in [2.05, 4.69) is 24.5 Å². The van der Waals surface area contributed by atoms with E-state index in [1.807, 2.05) is 24.3 Å². The lowest BCUT2D eigenvalue weighted by molar-refractivity contribution is -0.119. The van der Waals surface area contributed by atoms with Gasteiger partial charge in [0.05, 0.1) is 6.61 Å². The zero-order chi connectivity index (χ0) is 18.9. The molecule has 1 aromatic rings. The van der Waals surface area contributed by atoms with Gasteiger partial charge in [0.2, 0.25) is 5.91 Å².